The Hall–Kier alpha value is -1.68. The summed E-state index contributed by atoms with van der Waals surface area (Å²) in [5.74, 6) is 1.06. The molecule has 4 heteroatoms. The molecule has 1 N–H and O–H groups in total. The van der Waals surface area contributed by atoms with E-state index in [0.29, 0.717) is 0 Å². The highest BCUT2D eigenvalue weighted by Gasteiger charge is 2.11. The molecule has 2 rings (SSSR count). The van der Waals surface area contributed by atoms with Crippen molar-refractivity contribution in [2.24, 2.45) is 0 Å². The first-order chi connectivity index (χ1) is 8.54. The summed E-state index contributed by atoms with van der Waals surface area (Å²) in [5.41, 5.74) is 1.34. The number of pyridine rings is 1. The summed E-state index contributed by atoms with van der Waals surface area (Å²) >= 11 is 0. The van der Waals surface area contributed by atoms with Crippen LogP contribution in [0.2, 0.25) is 0 Å². The van der Waals surface area contributed by atoms with Crippen LogP contribution in [0.4, 0.5) is 0 Å². The molecule has 2 heterocycles. The van der Waals surface area contributed by atoms with Crippen molar-refractivity contribution >= 4 is 0 Å². The van der Waals surface area contributed by atoms with Gasteiger partial charge in [0.1, 0.15) is 5.82 Å². The molecular weight excluding hydrogens is 224 g/mol. The zero-order chi connectivity index (χ0) is 13.0. The topological polar surface area (TPSA) is 42.7 Å². The molecule has 0 aliphatic heterocycles. The number of imidazole rings is 1. The average Bonchev–Trinajstić information content (AvgIpc) is 2.74. The van der Waals surface area contributed by atoms with Crippen molar-refractivity contribution in [2.45, 2.75) is 39.4 Å². The summed E-state index contributed by atoms with van der Waals surface area (Å²) in [7, 11) is 0. The Labute approximate surface area is 108 Å². The van der Waals surface area contributed by atoms with Crippen LogP contribution in [-0.2, 0) is 13.1 Å². The predicted octanol–water partition coefficient (Wildman–Crippen LogP) is 2.21. The van der Waals surface area contributed by atoms with Crippen molar-refractivity contribution in [3.63, 3.8) is 0 Å². The average molecular weight is 244 g/mol. The largest absolute Gasteiger partial charge is 0.329 e. The van der Waals surface area contributed by atoms with E-state index in [2.05, 4.69) is 40.6 Å². The van der Waals surface area contributed by atoms with Crippen molar-refractivity contribution < 1.29 is 0 Å². The summed E-state index contributed by atoms with van der Waals surface area (Å²) in [4.78, 5) is 8.43. The van der Waals surface area contributed by atoms with Gasteiger partial charge in [-0.05, 0) is 38.5 Å². The van der Waals surface area contributed by atoms with Gasteiger partial charge >= 0.3 is 0 Å². The molecule has 0 saturated heterocycles. The van der Waals surface area contributed by atoms with Gasteiger partial charge in [0.2, 0.25) is 0 Å². The van der Waals surface area contributed by atoms with Gasteiger partial charge < -0.3 is 9.88 Å². The first-order valence-corrected chi connectivity index (χ1v) is 6.18. The fourth-order valence-corrected chi connectivity index (χ4v) is 1.68. The van der Waals surface area contributed by atoms with Crippen LogP contribution in [0.3, 0.4) is 0 Å². The van der Waals surface area contributed by atoms with Crippen LogP contribution in [0.15, 0.2) is 36.9 Å². The highest BCUT2D eigenvalue weighted by molar-refractivity contribution is 5.11. The second-order valence-corrected chi connectivity index (χ2v) is 5.43. The molecular formula is C14H20N4. The number of nitrogens with zero attached hydrogens (tertiary/aromatic N) is 3. The number of hydrogen-bond acceptors (Lipinski definition) is 3. The van der Waals surface area contributed by atoms with Gasteiger partial charge in [-0.1, -0.05) is 0 Å². The molecule has 0 amide bonds. The van der Waals surface area contributed by atoms with Gasteiger partial charge in [-0.2, -0.15) is 0 Å². The lowest BCUT2D eigenvalue weighted by Gasteiger charge is -2.20. The standard InChI is InChI=1S/C14H20N4/c1-14(2,3)17-10-13-16-8-9-18(13)11-12-4-6-15-7-5-12/h4-9,17H,10-11H2,1-3H3. The van der Waals surface area contributed by atoms with Gasteiger partial charge in [-0.3, -0.25) is 4.98 Å². The fraction of sp³-hybridized carbons (Fsp3) is 0.429. The zero-order valence-corrected chi connectivity index (χ0v) is 11.2. The zero-order valence-electron chi connectivity index (χ0n) is 11.2. The predicted molar refractivity (Wildman–Crippen MR) is 72.2 cm³/mol. The Morgan fingerprint density at radius 2 is 1.89 bits per heavy atom. The molecule has 0 spiro atoms. The lowest BCUT2D eigenvalue weighted by molar-refractivity contribution is 0.413. The molecule has 0 atom stereocenters. The van der Waals surface area contributed by atoms with Crippen LogP contribution in [-0.4, -0.2) is 20.1 Å². The second kappa shape index (κ2) is 5.31. The maximum absolute atomic E-state index is 4.40. The van der Waals surface area contributed by atoms with Crippen LogP contribution >= 0.6 is 0 Å². The molecule has 0 bridgehead atoms. The van der Waals surface area contributed by atoms with Crippen LogP contribution in [0.5, 0.6) is 0 Å². The number of hydrogen-bond donors (Lipinski definition) is 1. The van der Waals surface area contributed by atoms with Crippen LogP contribution in [0, 0.1) is 0 Å². The molecule has 18 heavy (non-hydrogen) atoms. The third-order valence-electron chi connectivity index (χ3n) is 2.68. The van der Waals surface area contributed by atoms with E-state index >= 15 is 0 Å². The molecule has 2 aromatic rings. The van der Waals surface area contributed by atoms with Gasteiger partial charge in [0.15, 0.2) is 0 Å². The van der Waals surface area contributed by atoms with E-state index in [-0.39, 0.29) is 5.54 Å². The van der Waals surface area contributed by atoms with Gasteiger partial charge in [0.25, 0.3) is 0 Å². The molecule has 0 aromatic carbocycles. The van der Waals surface area contributed by atoms with E-state index in [9.17, 15) is 0 Å². The highest BCUT2D eigenvalue weighted by Crippen LogP contribution is 2.06. The maximum Gasteiger partial charge on any atom is 0.122 e. The number of nitrogens with one attached hydrogen (secondary N) is 1. The maximum atomic E-state index is 4.40. The summed E-state index contributed by atoms with van der Waals surface area (Å²) in [6.07, 6.45) is 7.50. The lowest BCUT2D eigenvalue weighted by atomic mass is 10.1. The molecule has 2 aromatic heterocycles. The van der Waals surface area contributed by atoms with Crippen LogP contribution in [0.1, 0.15) is 32.2 Å². The minimum Gasteiger partial charge on any atom is -0.329 e. The number of aromatic nitrogens is 3. The Kier molecular flexibility index (Phi) is 3.77. The highest BCUT2D eigenvalue weighted by atomic mass is 15.1. The monoisotopic (exact) mass is 244 g/mol. The SMILES string of the molecule is CC(C)(C)NCc1nccn1Cc1ccncc1. The summed E-state index contributed by atoms with van der Waals surface area (Å²) in [6.45, 7) is 8.08. The molecule has 96 valence electrons. The molecule has 4 nitrogen and oxygen atoms in total. The Morgan fingerprint density at radius 3 is 2.56 bits per heavy atom. The van der Waals surface area contributed by atoms with Crippen molar-refractivity contribution in [1.82, 2.24) is 19.9 Å². The normalized spacial score (nSPS) is 11.7. The summed E-state index contributed by atoms with van der Waals surface area (Å²) < 4.78 is 2.16. The molecule has 0 unspecified atom stereocenters. The molecule has 0 radical (unpaired) electrons. The van der Waals surface area contributed by atoms with Gasteiger partial charge in [-0.25, -0.2) is 4.98 Å². The van der Waals surface area contributed by atoms with Gasteiger partial charge in [0, 0.05) is 36.9 Å². The Morgan fingerprint density at radius 1 is 1.17 bits per heavy atom. The Balaban J connectivity index is 2.04. The molecule has 0 aliphatic rings. The Bertz CT molecular complexity index is 482. The second-order valence-electron chi connectivity index (χ2n) is 5.43. The van der Waals surface area contributed by atoms with Crippen molar-refractivity contribution in [1.29, 1.82) is 0 Å². The molecule has 0 saturated carbocycles. The molecule has 0 fully saturated rings. The van der Waals surface area contributed by atoms with E-state index in [1.807, 2.05) is 36.9 Å². The first kappa shape index (κ1) is 12.8. The van der Waals surface area contributed by atoms with Gasteiger partial charge in [-0.15, -0.1) is 0 Å². The van der Waals surface area contributed by atoms with Crippen molar-refractivity contribution in [3.8, 4) is 0 Å². The minimum absolute atomic E-state index is 0.105. The van der Waals surface area contributed by atoms with E-state index < -0.39 is 0 Å². The third-order valence-corrected chi connectivity index (χ3v) is 2.68. The third kappa shape index (κ3) is 3.67. The quantitative estimate of drug-likeness (QED) is 0.896. The summed E-state index contributed by atoms with van der Waals surface area (Å²) in [5, 5.41) is 3.45. The molecule has 0 aliphatic carbocycles. The van der Waals surface area contributed by atoms with E-state index in [1.165, 1.54) is 5.56 Å². The number of rotatable bonds is 4. The lowest BCUT2D eigenvalue weighted by Crippen LogP contribution is -2.36. The van der Waals surface area contributed by atoms with Crippen LogP contribution in [0.25, 0.3) is 0 Å². The smallest absolute Gasteiger partial charge is 0.122 e. The van der Waals surface area contributed by atoms with E-state index in [1.54, 1.807) is 0 Å². The van der Waals surface area contributed by atoms with Crippen molar-refractivity contribution in [2.75, 3.05) is 0 Å². The first-order valence-electron chi connectivity index (χ1n) is 6.18. The van der Waals surface area contributed by atoms with Crippen molar-refractivity contribution in [3.05, 3.63) is 48.3 Å². The fourth-order valence-electron chi connectivity index (χ4n) is 1.68. The minimum atomic E-state index is 0.105. The van der Waals surface area contributed by atoms with E-state index in [4.69, 9.17) is 0 Å². The van der Waals surface area contributed by atoms with E-state index in [0.717, 1.165) is 18.9 Å². The summed E-state index contributed by atoms with van der Waals surface area (Å²) in [6, 6.07) is 4.06. The van der Waals surface area contributed by atoms with Crippen LogP contribution < -0.4 is 5.32 Å². The van der Waals surface area contributed by atoms with Gasteiger partial charge in [0.05, 0.1) is 6.54 Å².